The lowest BCUT2D eigenvalue weighted by Crippen LogP contribution is -2.23. The first-order valence-electron chi connectivity index (χ1n) is 1.59. The van der Waals surface area contributed by atoms with E-state index in [-0.39, 0.29) is 0 Å². The van der Waals surface area contributed by atoms with Crippen molar-refractivity contribution in [3.8, 4) is 18.6 Å². The molecule has 0 rings (SSSR count). The summed E-state index contributed by atoms with van der Waals surface area (Å²) in [6, 6.07) is 0. The first-order chi connectivity index (χ1) is 3.85. The van der Waals surface area contributed by atoms with E-state index in [4.69, 9.17) is 15.8 Å². The minimum Gasteiger partial charge on any atom is -0.211 e. The number of hydrogen-bond donors (Lipinski definition) is 1. The van der Waals surface area contributed by atoms with Crippen LogP contribution in [0.4, 0.5) is 0 Å². The topological polar surface area (TPSA) is 86.6 Å². The number of hydrogen-bond acceptors (Lipinski definition) is 5. The molecule has 0 heterocycles. The van der Waals surface area contributed by atoms with Gasteiger partial charge >= 0.3 is 0 Å². The molecule has 0 unspecified atom stereocenters. The van der Waals surface area contributed by atoms with E-state index in [0.29, 0.717) is 5.01 Å². The third-order valence-corrected chi connectivity index (χ3v) is 0.362. The third kappa shape index (κ3) is 1.49. The van der Waals surface area contributed by atoms with E-state index in [9.17, 15) is 0 Å². The average Bonchev–Trinajstić information content (AvgIpc) is 1.83. The smallest absolute Gasteiger partial charge is 0.211 e. The van der Waals surface area contributed by atoms with Gasteiger partial charge in [-0.1, -0.05) is 0 Å². The number of nitrogens with one attached hydrogen (secondary N) is 1. The van der Waals surface area contributed by atoms with Gasteiger partial charge in [0.15, 0.2) is 6.19 Å². The molecule has 5 nitrogen and oxygen atoms in total. The maximum Gasteiger partial charge on any atom is 0.215 e. The molecule has 0 spiro atoms. The monoisotopic (exact) mass is 107 g/mol. The highest BCUT2D eigenvalue weighted by Gasteiger charge is 1.90. The lowest BCUT2D eigenvalue weighted by atomic mass is 11.1. The fraction of sp³-hybridized carbons (Fsp3) is 0. The van der Waals surface area contributed by atoms with Crippen molar-refractivity contribution in [1.29, 1.82) is 15.8 Å². The molecule has 38 valence electrons. The van der Waals surface area contributed by atoms with Gasteiger partial charge in [0.2, 0.25) is 12.4 Å². The van der Waals surface area contributed by atoms with Crippen molar-refractivity contribution in [3.63, 3.8) is 0 Å². The summed E-state index contributed by atoms with van der Waals surface area (Å²) in [5, 5.41) is 24.0. The molecule has 0 saturated heterocycles. The molecule has 0 radical (unpaired) electrons. The van der Waals surface area contributed by atoms with Gasteiger partial charge in [0.1, 0.15) is 0 Å². The normalized spacial score (nSPS) is 5.12. The van der Waals surface area contributed by atoms with Crippen molar-refractivity contribution >= 4 is 0 Å². The van der Waals surface area contributed by atoms with Crippen LogP contribution in [-0.2, 0) is 0 Å². The molecular weight excluding hydrogens is 106 g/mol. The summed E-state index contributed by atoms with van der Waals surface area (Å²) >= 11 is 0. The number of rotatable bonds is 1. The quantitative estimate of drug-likeness (QED) is 0.270. The summed E-state index contributed by atoms with van der Waals surface area (Å²) in [5.74, 6) is 0. The van der Waals surface area contributed by atoms with E-state index in [1.165, 1.54) is 18.6 Å². The summed E-state index contributed by atoms with van der Waals surface area (Å²) in [4.78, 5) is 0. The van der Waals surface area contributed by atoms with Crippen molar-refractivity contribution in [1.82, 2.24) is 10.4 Å². The molecule has 5 heteroatoms. The van der Waals surface area contributed by atoms with Gasteiger partial charge in [-0.25, -0.2) is 5.43 Å². The number of nitriles is 3. The van der Waals surface area contributed by atoms with Gasteiger partial charge in [0.05, 0.1) is 0 Å². The maximum atomic E-state index is 7.90. The second-order valence-corrected chi connectivity index (χ2v) is 0.759. The van der Waals surface area contributed by atoms with E-state index in [0.717, 1.165) is 0 Å². The Morgan fingerprint density at radius 1 is 1.12 bits per heavy atom. The van der Waals surface area contributed by atoms with Crippen molar-refractivity contribution in [2.45, 2.75) is 0 Å². The molecule has 0 bridgehead atoms. The van der Waals surface area contributed by atoms with Crippen molar-refractivity contribution in [3.05, 3.63) is 0 Å². The summed E-state index contributed by atoms with van der Waals surface area (Å²) in [5.41, 5.74) is 1.80. The van der Waals surface area contributed by atoms with Crippen LogP contribution in [0.2, 0.25) is 0 Å². The van der Waals surface area contributed by atoms with Crippen LogP contribution in [0.1, 0.15) is 0 Å². The van der Waals surface area contributed by atoms with Crippen LogP contribution in [0, 0.1) is 34.4 Å². The largest absolute Gasteiger partial charge is 0.215 e. The van der Waals surface area contributed by atoms with Crippen LogP contribution in [0.5, 0.6) is 0 Å². The fourth-order valence-electron chi connectivity index (χ4n) is 0.122. The molecule has 0 aromatic rings. The summed E-state index contributed by atoms with van der Waals surface area (Å²) < 4.78 is 0. The van der Waals surface area contributed by atoms with E-state index >= 15 is 0 Å². The third-order valence-electron chi connectivity index (χ3n) is 0.362. The molecule has 8 heavy (non-hydrogen) atoms. The molecule has 0 aliphatic carbocycles. The average molecular weight is 107 g/mol. The highest BCUT2D eigenvalue weighted by molar-refractivity contribution is 4.85. The first kappa shape index (κ1) is 6.07. The van der Waals surface area contributed by atoms with Crippen LogP contribution >= 0.6 is 0 Å². The lowest BCUT2D eigenvalue weighted by molar-refractivity contribution is 0.478. The molecule has 0 aromatic carbocycles. The van der Waals surface area contributed by atoms with Crippen LogP contribution in [0.25, 0.3) is 0 Å². The number of hydrazine groups is 1. The second kappa shape index (κ2) is 3.27. The highest BCUT2D eigenvalue weighted by Crippen LogP contribution is 1.66. The van der Waals surface area contributed by atoms with Gasteiger partial charge in [0.25, 0.3) is 0 Å². The maximum absolute atomic E-state index is 7.90. The molecule has 0 fully saturated rings. The Morgan fingerprint density at radius 3 is 1.75 bits per heavy atom. The Balaban J connectivity index is 3.68. The summed E-state index contributed by atoms with van der Waals surface area (Å²) in [6.45, 7) is 0. The second-order valence-electron chi connectivity index (χ2n) is 0.759. The van der Waals surface area contributed by atoms with Gasteiger partial charge in [-0.05, 0) is 0 Å². The number of nitrogens with zero attached hydrogens (tertiary/aromatic N) is 4. The molecule has 0 aliphatic heterocycles. The van der Waals surface area contributed by atoms with Crippen LogP contribution < -0.4 is 5.43 Å². The minimum absolute atomic E-state index is 0.431. The van der Waals surface area contributed by atoms with Crippen LogP contribution in [-0.4, -0.2) is 5.01 Å². The van der Waals surface area contributed by atoms with Gasteiger partial charge < -0.3 is 0 Å². The summed E-state index contributed by atoms with van der Waals surface area (Å²) in [6.07, 6.45) is 4.18. The Labute approximate surface area is 45.9 Å². The zero-order valence-electron chi connectivity index (χ0n) is 3.79. The molecule has 0 aromatic heterocycles. The van der Waals surface area contributed by atoms with Gasteiger partial charge in [0, 0.05) is 0 Å². The summed E-state index contributed by atoms with van der Waals surface area (Å²) in [7, 11) is 0. The SMILES string of the molecule is N#CNN(C#N)C#N. The molecule has 0 saturated carbocycles. The van der Waals surface area contributed by atoms with E-state index in [1.54, 1.807) is 5.43 Å². The van der Waals surface area contributed by atoms with Crippen molar-refractivity contribution in [2.75, 3.05) is 0 Å². The van der Waals surface area contributed by atoms with E-state index in [2.05, 4.69) is 0 Å². The molecule has 0 aliphatic rings. The Kier molecular flexibility index (Phi) is 2.48. The van der Waals surface area contributed by atoms with Gasteiger partial charge in [-0.15, -0.1) is 5.01 Å². The molecule has 1 N–H and O–H groups in total. The predicted octanol–water partition coefficient (Wildman–Crippen LogP) is -0.764. The van der Waals surface area contributed by atoms with Crippen molar-refractivity contribution in [2.24, 2.45) is 0 Å². The van der Waals surface area contributed by atoms with Crippen LogP contribution in [0.3, 0.4) is 0 Å². The Bertz CT molecular complexity index is 161. The van der Waals surface area contributed by atoms with Crippen LogP contribution in [0.15, 0.2) is 0 Å². The molecule has 0 amide bonds. The van der Waals surface area contributed by atoms with E-state index in [1.807, 2.05) is 0 Å². The van der Waals surface area contributed by atoms with Crippen molar-refractivity contribution < 1.29 is 0 Å². The predicted molar refractivity (Wildman–Crippen MR) is 21.8 cm³/mol. The zero-order chi connectivity index (χ0) is 6.41. The van der Waals surface area contributed by atoms with Gasteiger partial charge in [-0.2, -0.15) is 15.8 Å². The highest BCUT2D eigenvalue weighted by atomic mass is 15.5. The standard InChI is InChI=1S/C3HN5/c4-1-7-8(2-5)3-6/h7H. The first-order valence-corrected chi connectivity index (χ1v) is 1.59. The zero-order valence-corrected chi connectivity index (χ0v) is 3.79. The van der Waals surface area contributed by atoms with Gasteiger partial charge in [-0.3, -0.25) is 0 Å². The Morgan fingerprint density at radius 2 is 1.62 bits per heavy atom. The minimum atomic E-state index is 0.431. The molecule has 0 atom stereocenters. The molecular formula is C3HN5. The lowest BCUT2D eigenvalue weighted by Gasteiger charge is -1.94. The Hall–Kier alpha value is -1.93. The van der Waals surface area contributed by atoms with E-state index < -0.39 is 0 Å². The fourth-order valence-corrected chi connectivity index (χ4v) is 0.122.